The molecule has 0 aliphatic carbocycles. The lowest BCUT2D eigenvalue weighted by Gasteiger charge is -2.28. The smallest absolute Gasteiger partial charge is 0.134 e. The van der Waals surface area contributed by atoms with Gasteiger partial charge in [-0.3, -0.25) is 0 Å². The Morgan fingerprint density at radius 1 is 0.944 bits per heavy atom. The molecule has 1 heterocycles. The minimum atomic E-state index is 0.626. The highest BCUT2D eigenvalue weighted by Gasteiger charge is 2.13. The van der Waals surface area contributed by atoms with Gasteiger partial charge in [-0.05, 0) is 11.8 Å². The van der Waals surface area contributed by atoms with Crippen LogP contribution in [-0.4, -0.2) is 37.2 Å². The van der Waals surface area contributed by atoms with Crippen molar-refractivity contribution in [3.05, 3.63) is 12.4 Å². The lowest BCUT2D eigenvalue weighted by Crippen LogP contribution is -2.32. The molecule has 0 atom stereocenters. The molecule has 0 aromatic carbocycles. The minimum Gasteiger partial charge on any atom is -0.363 e. The molecule has 0 saturated heterocycles. The van der Waals surface area contributed by atoms with Crippen LogP contribution >= 0.6 is 0 Å². The van der Waals surface area contributed by atoms with Crippen LogP contribution in [0.25, 0.3) is 0 Å². The van der Waals surface area contributed by atoms with Crippen LogP contribution in [0.15, 0.2) is 12.4 Å². The zero-order valence-electron chi connectivity index (χ0n) is 12.5. The number of anilines is 2. The van der Waals surface area contributed by atoms with E-state index < -0.39 is 0 Å². The molecule has 0 radical (unpaired) electrons. The maximum absolute atomic E-state index is 4.42. The standard InChI is InChI=1S/C14H26N4/c1-11(2)8-18(9-12(3)4)14-7-13(17(5)6)15-10-16-14/h7,10-12H,8-9H2,1-6H3. The minimum absolute atomic E-state index is 0.626. The van der Waals surface area contributed by atoms with E-state index in [9.17, 15) is 0 Å². The molecular formula is C14H26N4. The average Bonchev–Trinajstić information content (AvgIpc) is 2.27. The van der Waals surface area contributed by atoms with E-state index in [0.29, 0.717) is 11.8 Å². The molecule has 0 unspecified atom stereocenters. The third kappa shape index (κ3) is 4.51. The van der Waals surface area contributed by atoms with E-state index in [0.717, 1.165) is 24.7 Å². The quantitative estimate of drug-likeness (QED) is 0.777. The normalized spacial score (nSPS) is 11.1. The first-order chi connectivity index (χ1) is 8.40. The van der Waals surface area contributed by atoms with Crippen LogP contribution in [0.2, 0.25) is 0 Å². The lowest BCUT2D eigenvalue weighted by atomic mass is 10.1. The van der Waals surface area contributed by atoms with Gasteiger partial charge in [0.2, 0.25) is 0 Å². The summed E-state index contributed by atoms with van der Waals surface area (Å²) in [4.78, 5) is 13.0. The Bertz CT molecular complexity index is 351. The SMILES string of the molecule is CC(C)CN(CC(C)C)c1cc(N(C)C)ncn1. The molecule has 18 heavy (non-hydrogen) atoms. The first-order valence-corrected chi connectivity index (χ1v) is 6.64. The van der Waals surface area contributed by atoms with Crippen molar-refractivity contribution in [3.63, 3.8) is 0 Å². The molecule has 1 aromatic rings. The largest absolute Gasteiger partial charge is 0.363 e. The van der Waals surface area contributed by atoms with Crippen molar-refractivity contribution >= 4 is 11.6 Å². The van der Waals surface area contributed by atoms with Crippen molar-refractivity contribution in [1.82, 2.24) is 9.97 Å². The van der Waals surface area contributed by atoms with Gasteiger partial charge in [-0.15, -0.1) is 0 Å². The van der Waals surface area contributed by atoms with Gasteiger partial charge in [0.25, 0.3) is 0 Å². The van der Waals surface area contributed by atoms with E-state index >= 15 is 0 Å². The van der Waals surface area contributed by atoms with Gasteiger partial charge in [-0.1, -0.05) is 27.7 Å². The second-order valence-corrected chi connectivity index (χ2v) is 5.82. The van der Waals surface area contributed by atoms with Crippen molar-refractivity contribution in [2.75, 3.05) is 37.0 Å². The van der Waals surface area contributed by atoms with Crippen molar-refractivity contribution in [2.45, 2.75) is 27.7 Å². The topological polar surface area (TPSA) is 32.3 Å². The fourth-order valence-corrected chi connectivity index (χ4v) is 1.90. The van der Waals surface area contributed by atoms with E-state index in [1.54, 1.807) is 6.33 Å². The first-order valence-electron chi connectivity index (χ1n) is 6.64. The van der Waals surface area contributed by atoms with Gasteiger partial charge in [0, 0.05) is 33.3 Å². The summed E-state index contributed by atoms with van der Waals surface area (Å²) < 4.78 is 0. The number of hydrogen-bond donors (Lipinski definition) is 0. The summed E-state index contributed by atoms with van der Waals surface area (Å²) in [5.74, 6) is 3.23. The monoisotopic (exact) mass is 250 g/mol. The number of aromatic nitrogens is 2. The highest BCUT2D eigenvalue weighted by atomic mass is 15.2. The molecule has 0 fully saturated rings. The Balaban J connectivity index is 2.93. The van der Waals surface area contributed by atoms with Gasteiger partial charge >= 0.3 is 0 Å². The van der Waals surface area contributed by atoms with E-state index in [2.05, 4.69) is 48.6 Å². The van der Waals surface area contributed by atoms with E-state index in [1.165, 1.54) is 0 Å². The lowest BCUT2D eigenvalue weighted by molar-refractivity contribution is 0.548. The summed E-state index contributed by atoms with van der Waals surface area (Å²) in [6.45, 7) is 11.0. The van der Waals surface area contributed by atoms with E-state index in [-0.39, 0.29) is 0 Å². The molecule has 0 aliphatic rings. The molecule has 1 aromatic heterocycles. The van der Waals surface area contributed by atoms with Crippen molar-refractivity contribution in [3.8, 4) is 0 Å². The first kappa shape index (κ1) is 14.7. The molecule has 102 valence electrons. The molecule has 0 aliphatic heterocycles. The molecular weight excluding hydrogens is 224 g/mol. The summed E-state index contributed by atoms with van der Waals surface area (Å²) >= 11 is 0. The second-order valence-electron chi connectivity index (χ2n) is 5.82. The van der Waals surface area contributed by atoms with Crippen molar-refractivity contribution in [2.24, 2.45) is 11.8 Å². The summed E-state index contributed by atoms with van der Waals surface area (Å²) in [6, 6.07) is 2.06. The molecule has 4 heteroatoms. The van der Waals surface area contributed by atoms with Crippen LogP contribution in [0, 0.1) is 11.8 Å². The number of rotatable bonds is 6. The second kappa shape index (κ2) is 6.57. The van der Waals surface area contributed by atoms with Gasteiger partial charge in [0.05, 0.1) is 0 Å². The van der Waals surface area contributed by atoms with Gasteiger partial charge < -0.3 is 9.80 Å². The Morgan fingerprint density at radius 3 is 1.89 bits per heavy atom. The van der Waals surface area contributed by atoms with Crippen LogP contribution in [0.1, 0.15) is 27.7 Å². The Morgan fingerprint density at radius 2 is 1.44 bits per heavy atom. The van der Waals surface area contributed by atoms with E-state index in [4.69, 9.17) is 0 Å². The molecule has 0 amide bonds. The summed E-state index contributed by atoms with van der Waals surface area (Å²) in [5.41, 5.74) is 0. The highest BCUT2D eigenvalue weighted by molar-refractivity contribution is 5.49. The molecule has 1 rings (SSSR count). The predicted molar refractivity (Wildman–Crippen MR) is 78.2 cm³/mol. The predicted octanol–water partition coefficient (Wildman–Crippen LogP) is 2.66. The van der Waals surface area contributed by atoms with E-state index in [1.807, 2.05) is 19.0 Å². The van der Waals surface area contributed by atoms with Crippen LogP contribution < -0.4 is 9.80 Å². The van der Waals surface area contributed by atoms with Gasteiger partial charge in [-0.2, -0.15) is 0 Å². The number of nitrogens with zero attached hydrogens (tertiary/aromatic N) is 4. The molecule has 0 N–H and O–H groups in total. The molecule has 0 spiro atoms. The van der Waals surface area contributed by atoms with Crippen LogP contribution in [-0.2, 0) is 0 Å². The molecule has 4 nitrogen and oxygen atoms in total. The third-order valence-electron chi connectivity index (χ3n) is 2.59. The molecule has 0 bridgehead atoms. The summed E-state index contributed by atoms with van der Waals surface area (Å²) in [5, 5.41) is 0. The fraction of sp³-hybridized carbons (Fsp3) is 0.714. The molecule has 0 saturated carbocycles. The van der Waals surface area contributed by atoms with Crippen molar-refractivity contribution in [1.29, 1.82) is 0 Å². The third-order valence-corrected chi connectivity index (χ3v) is 2.59. The Kier molecular flexibility index (Phi) is 5.38. The van der Waals surface area contributed by atoms with Gasteiger partial charge in [-0.25, -0.2) is 9.97 Å². The Hall–Kier alpha value is -1.32. The maximum atomic E-state index is 4.42. The fourth-order valence-electron chi connectivity index (χ4n) is 1.90. The Labute approximate surface area is 111 Å². The zero-order chi connectivity index (χ0) is 13.7. The summed E-state index contributed by atoms with van der Waals surface area (Å²) in [6.07, 6.45) is 1.65. The van der Waals surface area contributed by atoms with Crippen molar-refractivity contribution < 1.29 is 0 Å². The average molecular weight is 250 g/mol. The van der Waals surface area contributed by atoms with Gasteiger partial charge in [0.15, 0.2) is 0 Å². The van der Waals surface area contributed by atoms with Crippen LogP contribution in [0.4, 0.5) is 11.6 Å². The zero-order valence-corrected chi connectivity index (χ0v) is 12.5. The van der Waals surface area contributed by atoms with Crippen LogP contribution in [0.3, 0.4) is 0 Å². The number of hydrogen-bond acceptors (Lipinski definition) is 4. The highest BCUT2D eigenvalue weighted by Crippen LogP contribution is 2.18. The van der Waals surface area contributed by atoms with Crippen LogP contribution in [0.5, 0.6) is 0 Å². The summed E-state index contributed by atoms with van der Waals surface area (Å²) in [7, 11) is 4.00. The maximum Gasteiger partial charge on any atom is 0.134 e. The van der Waals surface area contributed by atoms with Gasteiger partial charge in [0.1, 0.15) is 18.0 Å².